The fraction of sp³-hybridized carbons (Fsp3) is 0.429. The lowest BCUT2D eigenvalue weighted by Gasteiger charge is -2.38. The summed E-state index contributed by atoms with van der Waals surface area (Å²) in [6.07, 6.45) is 2.29. The van der Waals surface area contributed by atoms with Gasteiger partial charge in [-0.15, -0.1) is 12.4 Å². The summed E-state index contributed by atoms with van der Waals surface area (Å²) in [6.45, 7) is 3.81. The minimum atomic E-state index is -0.147. The van der Waals surface area contributed by atoms with E-state index in [0.717, 1.165) is 30.2 Å². The molecule has 1 saturated heterocycles. The number of rotatable bonds is 5. The summed E-state index contributed by atoms with van der Waals surface area (Å²) in [4.78, 5) is 26.7. The Kier molecular flexibility index (Phi) is 7.63. The first-order chi connectivity index (χ1) is 12.6. The van der Waals surface area contributed by atoms with Gasteiger partial charge >= 0.3 is 0 Å². The molecule has 0 radical (unpaired) electrons. The van der Waals surface area contributed by atoms with Crippen molar-refractivity contribution in [3.8, 4) is 0 Å². The van der Waals surface area contributed by atoms with Crippen LogP contribution in [0.5, 0.6) is 0 Å². The summed E-state index contributed by atoms with van der Waals surface area (Å²) in [7, 11) is 0. The highest BCUT2D eigenvalue weighted by Gasteiger charge is 2.28. The minimum Gasteiger partial charge on any atom is -0.352 e. The molecule has 1 heterocycles. The maximum absolute atomic E-state index is 12.5. The number of nitrogens with one attached hydrogen (secondary N) is 1. The molecule has 6 heteroatoms. The first-order valence-electron chi connectivity index (χ1n) is 9.35. The van der Waals surface area contributed by atoms with Crippen molar-refractivity contribution >= 4 is 35.0 Å². The van der Waals surface area contributed by atoms with Crippen LogP contribution in [0.2, 0.25) is 0 Å². The van der Waals surface area contributed by atoms with Gasteiger partial charge in [0, 0.05) is 37.7 Å². The third-order valence-corrected chi connectivity index (χ3v) is 5.21. The van der Waals surface area contributed by atoms with E-state index in [4.69, 9.17) is 5.73 Å². The van der Waals surface area contributed by atoms with Gasteiger partial charge in [0.1, 0.15) is 0 Å². The predicted molar refractivity (Wildman–Crippen MR) is 111 cm³/mol. The molecule has 1 aliphatic heterocycles. The molecule has 0 aromatic heterocycles. The van der Waals surface area contributed by atoms with Crippen molar-refractivity contribution in [2.24, 2.45) is 11.7 Å². The van der Waals surface area contributed by atoms with Gasteiger partial charge in [-0.3, -0.25) is 9.59 Å². The second-order valence-corrected chi connectivity index (χ2v) is 7.17. The lowest BCUT2D eigenvalue weighted by molar-refractivity contribution is -0.135. The van der Waals surface area contributed by atoms with E-state index in [-0.39, 0.29) is 30.3 Å². The van der Waals surface area contributed by atoms with Crippen molar-refractivity contribution in [1.82, 2.24) is 10.2 Å². The summed E-state index contributed by atoms with van der Waals surface area (Å²) in [6, 6.07) is 13.7. The summed E-state index contributed by atoms with van der Waals surface area (Å²) < 4.78 is 0. The van der Waals surface area contributed by atoms with Crippen molar-refractivity contribution in [3.63, 3.8) is 0 Å². The van der Waals surface area contributed by atoms with Gasteiger partial charge in [-0.2, -0.15) is 0 Å². The second kappa shape index (κ2) is 9.72. The van der Waals surface area contributed by atoms with Crippen LogP contribution in [0.3, 0.4) is 0 Å². The van der Waals surface area contributed by atoms with E-state index in [9.17, 15) is 9.59 Å². The highest BCUT2D eigenvalue weighted by molar-refractivity contribution is 5.98. The number of fused-ring (bicyclic) bond motifs is 1. The average molecular weight is 390 g/mol. The van der Waals surface area contributed by atoms with Crippen LogP contribution in [0.4, 0.5) is 0 Å². The predicted octanol–water partition coefficient (Wildman–Crippen LogP) is 2.97. The van der Waals surface area contributed by atoms with Gasteiger partial charge < -0.3 is 16.0 Å². The molecule has 2 amide bonds. The fourth-order valence-corrected chi connectivity index (χ4v) is 3.66. The SMILES string of the molecule is CC1CCN(C(=O)CCNC(=O)c2ccc3ccccc3c2)C(CN)C1.Cl. The molecular formula is C21H28ClN3O2. The topological polar surface area (TPSA) is 75.4 Å². The van der Waals surface area contributed by atoms with Crippen LogP contribution < -0.4 is 11.1 Å². The third kappa shape index (κ3) is 5.21. The van der Waals surface area contributed by atoms with Crippen LogP contribution in [-0.4, -0.2) is 42.4 Å². The van der Waals surface area contributed by atoms with Crippen LogP contribution in [-0.2, 0) is 4.79 Å². The summed E-state index contributed by atoms with van der Waals surface area (Å²) in [5.41, 5.74) is 6.44. The molecule has 2 aromatic rings. The number of carbonyl (C=O) groups excluding carboxylic acids is 2. The molecule has 5 nitrogen and oxygen atoms in total. The van der Waals surface area contributed by atoms with Gasteiger partial charge in [0.05, 0.1) is 0 Å². The standard InChI is InChI=1S/C21H27N3O2.ClH/c1-15-9-11-24(19(12-15)14-22)20(25)8-10-23-21(26)18-7-6-16-4-2-3-5-17(16)13-18;/h2-7,13,15,19H,8-12,14,22H2,1H3,(H,23,26);1H. The Hall–Kier alpha value is -2.11. The Balaban J connectivity index is 0.00000261. The number of benzene rings is 2. The molecule has 0 spiro atoms. The Bertz CT molecular complexity index is 796. The van der Waals surface area contributed by atoms with E-state index >= 15 is 0 Å². The minimum absolute atomic E-state index is 0. The van der Waals surface area contributed by atoms with E-state index in [2.05, 4.69) is 12.2 Å². The molecule has 0 aliphatic carbocycles. The second-order valence-electron chi connectivity index (χ2n) is 7.17. The molecule has 2 unspecified atom stereocenters. The molecule has 146 valence electrons. The van der Waals surface area contributed by atoms with E-state index in [1.54, 1.807) is 0 Å². The number of amides is 2. The van der Waals surface area contributed by atoms with Gasteiger partial charge in [-0.25, -0.2) is 0 Å². The molecular weight excluding hydrogens is 362 g/mol. The van der Waals surface area contributed by atoms with Gasteiger partial charge in [0.25, 0.3) is 5.91 Å². The zero-order valence-corrected chi connectivity index (χ0v) is 16.5. The first kappa shape index (κ1) is 21.2. The Morgan fingerprint density at radius 2 is 1.93 bits per heavy atom. The smallest absolute Gasteiger partial charge is 0.251 e. The number of piperidine rings is 1. The number of halogens is 1. The quantitative estimate of drug-likeness (QED) is 0.825. The van der Waals surface area contributed by atoms with E-state index in [0.29, 0.717) is 31.0 Å². The van der Waals surface area contributed by atoms with Gasteiger partial charge in [-0.05, 0) is 41.7 Å². The van der Waals surface area contributed by atoms with Crippen molar-refractivity contribution in [2.75, 3.05) is 19.6 Å². The van der Waals surface area contributed by atoms with Gasteiger partial charge in [0.2, 0.25) is 5.91 Å². The molecule has 1 fully saturated rings. The molecule has 3 rings (SSSR count). The Labute approximate surface area is 166 Å². The molecule has 3 N–H and O–H groups in total. The van der Waals surface area contributed by atoms with Crippen LogP contribution in [0.1, 0.15) is 36.5 Å². The van der Waals surface area contributed by atoms with Crippen LogP contribution in [0.15, 0.2) is 42.5 Å². The molecule has 2 atom stereocenters. The fourth-order valence-electron chi connectivity index (χ4n) is 3.66. The Morgan fingerprint density at radius 1 is 1.19 bits per heavy atom. The number of hydrogen-bond acceptors (Lipinski definition) is 3. The monoisotopic (exact) mass is 389 g/mol. The number of nitrogens with two attached hydrogens (primary N) is 1. The van der Waals surface area contributed by atoms with Crippen molar-refractivity contribution in [3.05, 3.63) is 48.0 Å². The van der Waals surface area contributed by atoms with Crippen LogP contribution in [0.25, 0.3) is 10.8 Å². The van der Waals surface area contributed by atoms with Crippen molar-refractivity contribution < 1.29 is 9.59 Å². The van der Waals surface area contributed by atoms with Gasteiger partial charge in [0.15, 0.2) is 0 Å². The first-order valence-corrected chi connectivity index (χ1v) is 9.35. The van der Waals surface area contributed by atoms with E-state index in [1.807, 2.05) is 47.4 Å². The van der Waals surface area contributed by atoms with Gasteiger partial charge in [-0.1, -0.05) is 37.3 Å². The average Bonchev–Trinajstić information content (AvgIpc) is 2.67. The number of carbonyl (C=O) groups is 2. The summed E-state index contributed by atoms with van der Waals surface area (Å²) in [5.74, 6) is 0.539. The molecule has 0 saturated carbocycles. The maximum atomic E-state index is 12.5. The number of nitrogens with zero attached hydrogens (tertiary/aromatic N) is 1. The third-order valence-electron chi connectivity index (χ3n) is 5.21. The van der Waals surface area contributed by atoms with Crippen molar-refractivity contribution in [2.45, 2.75) is 32.2 Å². The molecule has 27 heavy (non-hydrogen) atoms. The summed E-state index contributed by atoms with van der Waals surface area (Å²) >= 11 is 0. The highest BCUT2D eigenvalue weighted by Crippen LogP contribution is 2.22. The zero-order chi connectivity index (χ0) is 18.5. The van der Waals surface area contributed by atoms with E-state index < -0.39 is 0 Å². The normalized spacial score (nSPS) is 19.4. The number of likely N-dealkylation sites (tertiary alicyclic amines) is 1. The van der Waals surface area contributed by atoms with Crippen LogP contribution >= 0.6 is 12.4 Å². The number of hydrogen-bond donors (Lipinski definition) is 2. The highest BCUT2D eigenvalue weighted by atomic mass is 35.5. The molecule has 2 aromatic carbocycles. The largest absolute Gasteiger partial charge is 0.352 e. The zero-order valence-electron chi connectivity index (χ0n) is 15.7. The van der Waals surface area contributed by atoms with Crippen molar-refractivity contribution in [1.29, 1.82) is 0 Å². The lowest BCUT2D eigenvalue weighted by Crippen LogP contribution is -2.49. The Morgan fingerprint density at radius 3 is 2.67 bits per heavy atom. The lowest BCUT2D eigenvalue weighted by atomic mass is 9.92. The van der Waals surface area contributed by atoms with E-state index in [1.165, 1.54) is 0 Å². The van der Waals surface area contributed by atoms with Crippen LogP contribution in [0, 0.1) is 5.92 Å². The summed E-state index contributed by atoms with van der Waals surface area (Å²) in [5, 5.41) is 4.99. The molecule has 0 bridgehead atoms. The maximum Gasteiger partial charge on any atom is 0.251 e. The molecule has 1 aliphatic rings.